The van der Waals surface area contributed by atoms with Gasteiger partial charge in [-0.1, -0.05) is 48.0 Å². The quantitative estimate of drug-likeness (QED) is 0.0803. The zero-order chi connectivity index (χ0) is 46.1. The fourth-order valence-corrected chi connectivity index (χ4v) is 12.4. The first-order chi connectivity index (χ1) is 31.1. The predicted octanol–water partition coefficient (Wildman–Crippen LogP) is 10.6. The van der Waals surface area contributed by atoms with Gasteiger partial charge < -0.3 is 28.6 Å². The van der Waals surface area contributed by atoms with Crippen molar-refractivity contribution in [2.45, 2.75) is 108 Å². The molecule has 0 bridgehead atoms. The first kappa shape index (κ1) is 47.0. The lowest BCUT2D eigenvalue weighted by atomic mass is 9.65. The molecule has 0 aromatic heterocycles. The Morgan fingerprint density at radius 2 is 1.58 bits per heavy atom. The van der Waals surface area contributed by atoms with E-state index in [0.717, 1.165) is 90.7 Å². The van der Waals surface area contributed by atoms with Crippen LogP contribution in [0.4, 0.5) is 5.69 Å². The summed E-state index contributed by atoms with van der Waals surface area (Å²) in [7, 11) is 1.35. The van der Waals surface area contributed by atoms with E-state index in [1.165, 1.54) is 16.7 Å². The van der Waals surface area contributed by atoms with E-state index in [1.807, 2.05) is 100 Å². The van der Waals surface area contributed by atoms with E-state index in [0.29, 0.717) is 30.4 Å². The van der Waals surface area contributed by atoms with E-state index in [9.17, 15) is 13.2 Å². The zero-order valence-corrected chi connectivity index (χ0v) is 40.6. The van der Waals surface area contributed by atoms with E-state index in [2.05, 4.69) is 23.1 Å². The second-order valence-electron chi connectivity index (χ2n) is 19.7. The first-order valence-electron chi connectivity index (χ1n) is 23.1. The van der Waals surface area contributed by atoms with E-state index in [4.69, 9.17) is 35.3 Å². The number of rotatable bonds is 16. The number of esters is 1. The van der Waals surface area contributed by atoms with Crippen LogP contribution < -0.4 is 19.1 Å². The molecule has 8 rings (SSSR count). The number of anilines is 1. The number of carbonyl (C=O) groups is 1. The molecular weight excluding hydrogens is 860 g/mol. The lowest BCUT2D eigenvalue weighted by molar-refractivity contribution is 0.000410. The minimum atomic E-state index is -3.70. The number of nitrogens with zero attached hydrogens (tertiary/aromatic N) is 2. The van der Waals surface area contributed by atoms with Gasteiger partial charge in [-0.25, -0.2) is 13.2 Å². The standard InChI is InChI=1S/C53H65ClN2O8S/c1-35(65(58,59)56(30-36-10-17-44(60-5)18-11-36)31-37-12-19-45(61-6)20-13-37)25-38-26-42(27-38)50(62-7)46-21-14-41(46)32-55-33-53(24-8-9-39-28-43(54)16-22-47(39)53)34-63-49-23-15-40(29-48(49)55)51(57)64-52(2,3)4/h10-13,15-20,22-23,26,28-29,35,38,41,46,50H,8-9,14,21,24-25,27,30-34H2,1-7H3/t35-,38-,41-,46+,50-,53-/m0/s1. The number of hydrogen-bond acceptors (Lipinski definition) is 9. The Morgan fingerprint density at radius 3 is 2.17 bits per heavy atom. The molecule has 10 nitrogen and oxygen atoms in total. The van der Waals surface area contributed by atoms with Crippen LogP contribution in [0.3, 0.4) is 0 Å². The summed E-state index contributed by atoms with van der Waals surface area (Å²) in [6.45, 7) is 10.1. The minimum absolute atomic E-state index is 0.0548. The van der Waals surface area contributed by atoms with Gasteiger partial charge in [0.2, 0.25) is 10.0 Å². The van der Waals surface area contributed by atoms with Crippen LogP contribution in [0.5, 0.6) is 17.2 Å². The number of ether oxygens (including phenoxy) is 5. The van der Waals surface area contributed by atoms with Crippen molar-refractivity contribution >= 4 is 33.3 Å². The van der Waals surface area contributed by atoms with Crippen LogP contribution in [0.25, 0.3) is 0 Å². The fraction of sp³-hybridized carbons (Fsp3) is 0.491. The summed E-state index contributed by atoms with van der Waals surface area (Å²) in [4.78, 5) is 15.9. The number of halogens is 1. The summed E-state index contributed by atoms with van der Waals surface area (Å²) in [6.07, 6.45) is 8.67. The minimum Gasteiger partial charge on any atom is -0.497 e. The Hall–Kier alpha value is -4.55. The summed E-state index contributed by atoms with van der Waals surface area (Å²) < 4.78 is 60.1. The molecule has 4 aromatic carbocycles. The maximum absolute atomic E-state index is 14.4. The summed E-state index contributed by atoms with van der Waals surface area (Å²) in [5.74, 6) is 2.64. The average molecular weight is 926 g/mol. The average Bonchev–Trinajstić information content (AvgIpc) is 3.41. The second-order valence-corrected chi connectivity index (χ2v) is 22.5. The van der Waals surface area contributed by atoms with Gasteiger partial charge >= 0.3 is 5.97 Å². The highest BCUT2D eigenvalue weighted by Crippen LogP contribution is 2.49. The molecule has 1 saturated carbocycles. The number of fused-ring (bicyclic) bond motifs is 3. The molecule has 348 valence electrons. The van der Waals surface area contributed by atoms with Gasteiger partial charge in [0.25, 0.3) is 0 Å². The third-order valence-electron chi connectivity index (χ3n) is 14.1. The lowest BCUT2D eigenvalue weighted by Crippen LogP contribution is -2.50. The normalized spacial score (nSPS) is 22.6. The van der Waals surface area contributed by atoms with Crippen LogP contribution >= 0.6 is 11.6 Å². The maximum atomic E-state index is 14.4. The monoisotopic (exact) mass is 924 g/mol. The van der Waals surface area contributed by atoms with Crippen molar-refractivity contribution in [2.75, 3.05) is 45.9 Å². The van der Waals surface area contributed by atoms with Gasteiger partial charge in [0.1, 0.15) is 22.8 Å². The zero-order valence-electron chi connectivity index (χ0n) is 39.0. The van der Waals surface area contributed by atoms with Gasteiger partial charge in [-0.3, -0.25) is 0 Å². The smallest absolute Gasteiger partial charge is 0.338 e. The topological polar surface area (TPSA) is 104 Å². The number of methoxy groups -OCH3 is 3. The molecule has 65 heavy (non-hydrogen) atoms. The molecule has 3 aliphatic carbocycles. The number of hydrogen-bond donors (Lipinski definition) is 0. The van der Waals surface area contributed by atoms with Gasteiger partial charge in [-0.2, -0.15) is 4.31 Å². The molecule has 6 atom stereocenters. The third-order valence-corrected chi connectivity index (χ3v) is 16.5. The van der Waals surface area contributed by atoms with Crippen LogP contribution in [-0.4, -0.2) is 76.7 Å². The van der Waals surface area contributed by atoms with Crippen molar-refractivity contribution < 1.29 is 36.9 Å². The largest absolute Gasteiger partial charge is 0.497 e. The number of aryl methyl sites for hydroxylation is 1. The van der Waals surface area contributed by atoms with E-state index in [1.54, 1.807) is 25.6 Å². The Bertz CT molecular complexity index is 2420. The first-order valence-corrected chi connectivity index (χ1v) is 25.0. The molecule has 0 N–H and O–H groups in total. The molecule has 0 amide bonds. The van der Waals surface area contributed by atoms with Gasteiger partial charge in [0, 0.05) is 43.7 Å². The fourth-order valence-electron chi connectivity index (χ4n) is 10.5. The molecule has 4 aromatic rings. The number of carbonyl (C=O) groups excluding carboxylic acids is 1. The summed E-state index contributed by atoms with van der Waals surface area (Å²) >= 11 is 6.53. The van der Waals surface area contributed by atoms with Gasteiger partial charge in [0.05, 0.1) is 43.4 Å². The van der Waals surface area contributed by atoms with Crippen molar-refractivity contribution in [2.24, 2.45) is 17.8 Å². The van der Waals surface area contributed by atoms with E-state index in [-0.39, 0.29) is 36.5 Å². The van der Waals surface area contributed by atoms with Gasteiger partial charge in [-0.15, -0.1) is 0 Å². The van der Waals surface area contributed by atoms with E-state index < -0.39 is 20.9 Å². The molecule has 0 radical (unpaired) electrons. The number of benzene rings is 4. The van der Waals surface area contributed by atoms with Crippen molar-refractivity contribution in [1.82, 2.24) is 4.31 Å². The summed E-state index contributed by atoms with van der Waals surface area (Å²) in [5.41, 5.74) is 6.17. The van der Waals surface area contributed by atoms with Crippen LogP contribution in [0.15, 0.2) is 96.6 Å². The molecule has 1 spiro atoms. The Kier molecular flexibility index (Phi) is 14.0. The van der Waals surface area contributed by atoms with Gasteiger partial charge in [-0.05, 0) is 173 Å². The summed E-state index contributed by atoms with van der Waals surface area (Å²) in [5, 5.41) is 0.156. The van der Waals surface area contributed by atoms with Crippen LogP contribution in [-0.2, 0) is 44.4 Å². The van der Waals surface area contributed by atoms with E-state index >= 15 is 0 Å². The molecule has 12 heteroatoms. The lowest BCUT2D eigenvalue weighted by Gasteiger charge is -2.48. The molecule has 4 aliphatic rings. The Balaban J connectivity index is 0.991. The molecular formula is C53H65ClN2O8S. The van der Waals surface area contributed by atoms with Gasteiger partial charge in [0.15, 0.2) is 0 Å². The molecule has 1 aliphatic heterocycles. The highest BCUT2D eigenvalue weighted by Gasteiger charge is 2.46. The SMILES string of the molecule is COc1ccc(CN(Cc2ccc(OC)cc2)S(=O)(=O)[C@@H](C)C[C@H]2C=C([C@H](OC)[C@@H]3CC[C@H]3CN3C[C@@]4(CCCc5cc(Cl)ccc54)COc4ccc(C(=O)OC(C)(C)C)cc43)C2)cc1. The molecule has 0 saturated heterocycles. The van der Waals surface area contributed by atoms with Crippen LogP contribution in [0.2, 0.25) is 5.02 Å². The van der Waals surface area contributed by atoms with Crippen molar-refractivity contribution in [3.8, 4) is 17.2 Å². The van der Waals surface area contributed by atoms with Crippen molar-refractivity contribution in [3.63, 3.8) is 0 Å². The van der Waals surface area contributed by atoms with Crippen molar-refractivity contribution in [3.05, 3.63) is 129 Å². The number of sulfonamides is 1. The third kappa shape index (κ3) is 10.4. The Labute approximate surface area is 391 Å². The summed E-state index contributed by atoms with van der Waals surface area (Å²) in [6, 6.07) is 27.1. The van der Waals surface area contributed by atoms with Crippen LogP contribution in [0.1, 0.15) is 98.8 Å². The van der Waals surface area contributed by atoms with Crippen LogP contribution in [0, 0.1) is 17.8 Å². The Morgan fingerprint density at radius 1 is 0.923 bits per heavy atom. The molecule has 1 fully saturated rings. The molecule has 1 heterocycles. The highest BCUT2D eigenvalue weighted by molar-refractivity contribution is 7.89. The molecule has 0 unspecified atom stereocenters. The second kappa shape index (κ2) is 19.4. The van der Waals surface area contributed by atoms with Crippen molar-refractivity contribution in [1.29, 1.82) is 0 Å². The number of allylic oxidation sites excluding steroid dienone is 1. The predicted molar refractivity (Wildman–Crippen MR) is 257 cm³/mol. The highest BCUT2D eigenvalue weighted by atomic mass is 35.5. The maximum Gasteiger partial charge on any atom is 0.338 e.